The fraction of sp³-hybridized carbons (Fsp3) is 0.760. The lowest BCUT2D eigenvalue weighted by atomic mass is 9.78. The molecule has 0 aliphatic heterocycles. The molecule has 1 aliphatic carbocycles. The topological polar surface area (TPSA) is 365 Å². The first-order valence-electron chi connectivity index (χ1n) is 37.1. The van der Waals surface area contributed by atoms with Crippen LogP contribution in [0, 0.1) is 23.7 Å². The summed E-state index contributed by atoms with van der Waals surface area (Å²) in [5.41, 5.74) is 7.48. The second-order valence-corrected chi connectivity index (χ2v) is 26.7. The lowest BCUT2D eigenvalue weighted by Crippen LogP contribution is -2.41. The number of carboxylic acids is 3. The number of benzene rings is 1. The molecular weight excluding hydrogens is 1260 g/mol. The summed E-state index contributed by atoms with van der Waals surface area (Å²) in [6.45, 7) is 2.92. The van der Waals surface area contributed by atoms with Crippen LogP contribution in [0.1, 0.15) is 280 Å². The second kappa shape index (κ2) is 57.5. The zero-order valence-electron chi connectivity index (χ0n) is 59.2. The summed E-state index contributed by atoms with van der Waals surface area (Å²) >= 11 is 0. The average Bonchev–Trinajstić information content (AvgIpc) is 0.937. The molecule has 98 heavy (non-hydrogen) atoms. The van der Waals surface area contributed by atoms with Gasteiger partial charge in [0.15, 0.2) is 23.1 Å². The average molecular weight is 1380 g/mol. The van der Waals surface area contributed by atoms with Gasteiger partial charge in [-0.25, -0.2) is 0 Å². The van der Waals surface area contributed by atoms with Gasteiger partial charge in [-0.3, -0.25) is 57.5 Å². The van der Waals surface area contributed by atoms with Gasteiger partial charge in [-0.05, 0) is 101 Å². The van der Waals surface area contributed by atoms with Crippen molar-refractivity contribution in [3.63, 3.8) is 0 Å². The Morgan fingerprint density at radius 1 is 0.469 bits per heavy atom. The van der Waals surface area contributed by atoms with E-state index in [0.29, 0.717) is 69.9 Å². The molecule has 3 atom stereocenters. The van der Waals surface area contributed by atoms with Gasteiger partial charge in [0.1, 0.15) is 19.0 Å². The third-order valence-corrected chi connectivity index (χ3v) is 18.2. The van der Waals surface area contributed by atoms with Crippen molar-refractivity contribution >= 4 is 70.5 Å². The van der Waals surface area contributed by atoms with Gasteiger partial charge in [0.25, 0.3) is 0 Å². The van der Waals surface area contributed by atoms with Gasteiger partial charge < -0.3 is 56.0 Å². The van der Waals surface area contributed by atoms with Crippen LogP contribution in [0.2, 0.25) is 0 Å². The van der Waals surface area contributed by atoms with E-state index in [1.54, 1.807) is 0 Å². The Kier molecular flexibility index (Phi) is 51.5. The van der Waals surface area contributed by atoms with Crippen LogP contribution >= 0.6 is 0 Å². The molecule has 0 heterocycles. The van der Waals surface area contributed by atoms with E-state index in [-0.39, 0.29) is 164 Å². The fourth-order valence-corrected chi connectivity index (χ4v) is 12.1. The Bertz CT molecular complexity index is 2460. The molecule has 1 aliphatic rings. The Morgan fingerprint density at radius 2 is 1.01 bits per heavy atom. The van der Waals surface area contributed by atoms with E-state index in [1.165, 1.54) is 76.2 Å². The van der Waals surface area contributed by atoms with Gasteiger partial charge in [0, 0.05) is 94.9 Å². The van der Waals surface area contributed by atoms with E-state index in [0.717, 1.165) is 70.6 Å². The largest absolute Gasteiger partial charge is 0.481 e. The number of aryl methyl sites for hydroxylation is 1. The molecule has 556 valence electrons. The summed E-state index contributed by atoms with van der Waals surface area (Å²) in [7, 11) is 0. The molecule has 23 nitrogen and oxygen atoms in total. The summed E-state index contributed by atoms with van der Waals surface area (Å²) in [6.07, 6.45) is 28.7. The number of ketones is 5. The molecule has 0 saturated heterocycles. The van der Waals surface area contributed by atoms with Crippen LogP contribution in [0.25, 0.3) is 0 Å². The Labute approximate surface area is 582 Å². The highest BCUT2D eigenvalue weighted by Gasteiger charge is 2.31. The minimum absolute atomic E-state index is 0.0327. The van der Waals surface area contributed by atoms with Crippen molar-refractivity contribution in [1.29, 1.82) is 0 Å². The van der Waals surface area contributed by atoms with Crippen LogP contribution < -0.4 is 21.7 Å². The molecule has 1 aromatic carbocycles. The van der Waals surface area contributed by atoms with Crippen LogP contribution in [-0.4, -0.2) is 158 Å². The first-order valence-corrected chi connectivity index (χ1v) is 37.1. The number of aliphatic carboxylic acids is 3. The molecule has 2 rings (SSSR count). The number of unbranched alkanes of at least 4 members (excludes halogenated alkanes) is 19. The lowest BCUT2D eigenvalue weighted by molar-refractivity contribution is -0.145. The molecular formula is C75H122N4O19. The van der Waals surface area contributed by atoms with Gasteiger partial charge in [0.05, 0.1) is 44.9 Å². The Morgan fingerprint density at radius 3 is 1.58 bits per heavy atom. The van der Waals surface area contributed by atoms with Crippen LogP contribution in [0.4, 0.5) is 0 Å². The number of carbonyl (C=O) groups excluding carboxylic acids is 9. The number of primary amides is 1. The minimum Gasteiger partial charge on any atom is -0.481 e. The molecule has 8 N–H and O–H groups in total. The molecule has 0 unspecified atom stereocenters. The van der Waals surface area contributed by atoms with Crippen LogP contribution in [0.3, 0.4) is 0 Å². The van der Waals surface area contributed by atoms with E-state index in [9.17, 15) is 67.7 Å². The fourth-order valence-electron chi connectivity index (χ4n) is 12.1. The molecule has 1 aromatic rings. The van der Waals surface area contributed by atoms with Crippen molar-refractivity contribution in [1.82, 2.24) is 16.0 Å². The monoisotopic (exact) mass is 1380 g/mol. The number of nitrogens with two attached hydrogens (primary N) is 1. The number of Topliss-reactive ketones (excluding diaryl/α,β-unsaturated/α-hetero) is 5. The van der Waals surface area contributed by atoms with Gasteiger partial charge in [-0.15, -0.1) is 0 Å². The maximum Gasteiger partial charge on any atom is 0.306 e. The van der Waals surface area contributed by atoms with Crippen molar-refractivity contribution in [2.24, 2.45) is 29.4 Å². The molecule has 23 heteroatoms. The normalized spacial score (nSPS) is 14.6. The summed E-state index contributed by atoms with van der Waals surface area (Å²) in [5.74, 6) is -7.60. The number of rotatable bonds is 67. The second-order valence-electron chi connectivity index (χ2n) is 26.7. The number of hydrogen-bond donors (Lipinski definition) is 7. The quantitative estimate of drug-likeness (QED) is 0.0235. The van der Waals surface area contributed by atoms with E-state index in [2.05, 4.69) is 22.9 Å². The maximum absolute atomic E-state index is 13.3. The van der Waals surface area contributed by atoms with Gasteiger partial charge in [-0.1, -0.05) is 147 Å². The maximum atomic E-state index is 13.3. The molecule has 0 bridgehead atoms. The smallest absolute Gasteiger partial charge is 0.306 e. The van der Waals surface area contributed by atoms with Gasteiger partial charge >= 0.3 is 17.9 Å². The van der Waals surface area contributed by atoms with Crippen LogP contribution in [-0.2, 0) is 78.1 Å². The van der Waals surface area contributed by atoms with Crippen molar-refractivity contribution < 1.29 is 91.8 Å². The van der Waals surface area contributed by atoms with Crippen molar-refractivity contribution in [2.45, 2.75) is 276 Å². The lowest BCUT2D eigenvalue weighted by Gasteiger charge is -2.28. The van der Waals surface area contributed by atoms with E-state index >= 15 is 0 Å². The minimum atomic E-state index is -1.21. The number of ether oxygens (including phenoxy) is 4. The van der Waals surface area contributed by atoms with E-state index in [4.69, 9.17) is 29.8 Å². The zero-order valence-corrected chi connectivity index (χ0v) is 59.2. The third-order valence-electron chi connectivity index (χ3n) is 18.2. The van der Waals surface area contributed by atoms with E-state index in [1.807, 2.05) is 24.3 Å². The summed E-state index contributed by atoms with van der Waals surface area (Å²) < 4.78 is 21.7. The Hall–Kier alpha value is -6.30. The third kappa shape index (κ3) is 47.6. The molecule has 0 spiro atoms. The highest BCUT2D eigenvalue weighted by molar-refractivity contribution is 5.96. The Balaban J connectivity index is 1.48. The zero-order chi connectivity index (χ0) is 71.8. The van der Waals surface area contributed by atoms with Crippen molar-refractivity contribution in [3.8, 4) is 0 Å². The van der Waals surface area contributed by atoms with Crippen molar-refractivity contribution in [2.75, 3.05) is 65.9 Å². The van der Waals surface area contributed by atoms with Crippen LogP contribution in [0.5, 0.6) is 0 Å². The van der Waals surface area contributed by atoms with Gasteiger partial charge in [0.2, 0.25) is 23.6 Å². The predicted octanol–water partition coefficient (Wildman–Crippen LogP) is 11.3. The van der Waals surface area contributed by atoms with Gasteiger partial charge in [-0.2, -0.15) is 0 Å². The molecule has 1 saturated carbocycles. The standard InChI is InChI=1S/C75H122N4O19/c1-2-3-19-26-57-33-37-59(38-34-57)66(82)29-21-18-20-27-61(74(76)92)51-64(81)54-78-71(87)56-98-50-48-95-45-24-28-63(80)55-97-49-47-96-46-25-30-67(83)65(42-44-73(90)91)79-70(86)43-41-62(75(93)94)52-68(84)60-39-35-58(36-40-60)53-77-69(85)31-22-16-14-12-10-8-6-4-5-7-9-11-13-15-17-23-32-72(88)89/h33-34,37-38,58,60-62,65H,2-32,35-36,39-56H2,1H3,(H2,76,92)(H,77,85)(H,78,87)(H,79,86)(H,88,89)(H,90,91)(H,93,94)/t58?,60?,61-,62-,65+/m1/s1. The number of carbonyl (C=O) groups is 12. The molecule has 0 radical (unpaired) electrons. The first-order chi connectivity index (χ1) is 47.3. The molecule has 0 aromatic heterocycles. The number of hydrogen-bond acceptors (Lipinski definition) is 16. The highest BCUT2D eigenvalue weighted by Crippen LogP contribution is 2.31. The molecule has 1 fully saturated rings. The number of nitrogens with one attached hydrogen (secondary N) is 3. The summed E-state index contributed by atoms with van der Waals surface area (Å²) in [4.78, 5) is 148. The number of carboxylic acid groups (broad SMARTS) is 3. The molecule has 4 amide bonds. The van der Waals surface area contributed by atoms with Crippen LogP contribution in [0.15, 0.2) is 24.3 Å². The van der Waals surface area contributed by atoms with E-state index < -0.39 is 59.3 Å². The summed E-state index contributed by atoms with van der Waals surface area (Å²) in [6, 6.07) is 6.67. The predicted molar refractivity (Wildman–Crippen MR) is 372 cm³/mol. The highest BCUT2D eigenvalue weighted by atomic mass is 16.5. The number of amides is 4. The summed E-state index contributed by atoms with van der Waals surface area (Å²) in [5, 5.41) is 36.1. The van der Waals surface area contributed by atoms with Crippen molar-refractivity contribution in [3.05, 3.63) is 35.4 Å². The SMILES string of the molecule is CCCCCc1ccc(C(=O)CCCCC[C@H](CC(=O)CNC(=O)COCCOCCCC(=O)COCCOCCCC(=O)[C@H](CCC(=O)O)NC(=O)CC[C@H](CC(=O)C2CCC(CNC(=O)CCCCCCCCCCCCCCCCCCC(=O)O)CC2)C(=O)O)C(N)=O)cc1. The first kappa shape index (κ1) is 87.8.